The molecular weight excluding hydrogens is 239 g/mol. The van der Waals surface area contributed by atoms with Gasteiger partial charge in [-0.2, -0.15) is 0 Å². The van der Waals surface area contributed by atoms with E-state index in [1.165, 1.54) is 0 Å². The van der Waals surface area contributed by atoms with Gasteiger partial charge >= 0.3 is 0 Å². The van der Waals surface area contributed by atoms with E-state index in [2.05, 4.69) is 20.9 Å². The van der Waals surface area contributed by atoms with Gasteiger partial charge in [0.15, 0.2) is 0 Å². The number of aryl methyl sites for hydroxylation is 1. The summed E-state index contributed by atoms with van der Waals surface area (Å²) in [6, 6.07) is 1.98. The second kappa shape index (κ2) is 4.80. The Morgan fingerprint density at radius 2 is 2.33 bits per heavy atom. The highest BCUT2D eigenvalue weighted by Crippen LogP contribution is 2.18. The maximum Gasteiger partial charge on any atom is 0.132 e. The lowest BCUT2D eigenvalue weighted by Crippen LogP contribution is -2.01. The van der Waals surface area contributed by atoms with Crippen LogP contribution >= 0.6 is 27.5 Å². The predicted octanol–water partition coefficient (Wildman–Crippen LogP) is 2.39. The summed E-state index contributed by atoms with van der Waals surface area (Å²) >= 11 is 9.20. The van der Waals surface area contributed by atoms with Crippen molar-refractivity contribution < 1.29 is 0 Å². The summed E-state index contributed by atoms with van der Waals surface area (Å²) in [7, 11) is 0. The lowest BCUT2D eigenvalue weighted by Gasteiger charge is -2.02. The molecular formula is C8H10BrClN2. The van der Waals surface area contributed by atoms with E-state index in [-0.39, 0.29) is 0 Å². The van der Waals surface area contributed by atoms with Crippen molar-refractivity contribution in [1.29, 1.82) is 0 Å². The Labute approximate surface area is 85.3 Å². The molecule has 1 rings (SSSR count). The molecule has 0 aliphatic carbocycles. The fraction of sp³-hybridized carbons (Fsp3) is 0.375. The molecule has 0 aliphatic heterocycles. The first-order valence-electron chi connectivity index (χ1n) is 3.74. The molecule has 0 aromatic carbocycles. The zero-order valence-corrected chi connectivity index (χ0v) is 8.90. The normalized spacial score (nSPS) is 10.2. The van der Waals surface area contributed by atoms with Crippen molar-refractivity contribution in [2.75, 3.05) is 6.54 Å². The lowest BCUT2D eigenvalue weighted by atomic mass is 10.2. The molecule has 0 amide bonds. The average molecular weight is 250 g/mol. The number of hydrogen-bond donors (Lipinski definition) is 1. The van der Waals surface area contributed by atoms with Gasteiger partial charge in [-0.05, 0) is 46.9 Å². The van der Waals surface area contributed by atoms with Crippen molar-refractivity contribution in [3.05, 3.63) is 27.5 Å². The maximum absolute atomic E-state index is 5.86. The first-order chi connectivity index (χ1) is 5.74. The Hall–Kier alpha value is -0.120. The molecule has 0 spiro atoms. The predicted molar refractivity (Wildman–Crippen MR) is 54.3 cm³/mol. The molecule has 66 valence electrons. The minimum absolute atomic E-state index is 0.576. The summed E-state index contributed by atoms with van der Waals surface area (Å²) in [5.41, 5.74) is 6.44. The van der Waals surface area contributed by atoms with Crippen molar-refractivity contribution in [3.8, 4) is 0 Å². The average Bonchev–Trinajstić information content (AvgIpc) is 2.07. The van der Waals surface area contributed by atoms with E-state index in [1.807, 2.05) is 6.07 Å². The fourth-order valence-electron chi connectivity index (χ4n) is 0.932. The Morgan fingerprint density at radius 3 is 3.00 bits per heavy atom. The van der Waals surface area contributed by atoms with Gasteiger partial charge in [-0.15, -0.1) is 0 Å². The van der Waals surface area contributed by atoms with Crippen LogP contribution in [0.1, 0.15) is 12.0 Å². The first-order valence-corrected chi connectivity index (χ1v) is 4.91. The van der Waals surface area contributed by atoms with Crippen LogP contribution in [-0.4, -0.2) is 11.5 Å². The van der Waals surface area contributed by atoms with Gasteiger partial charge in [-0.3, -0.25) is 0 Å². The third kappa shape index (κ3) is 2.73. The molecule has 0 atom stereocenters. The van der Waals surface area contributed by atoms with Crippen LogP contribution in [0, 0.1) is 0 Å². The highest BCUT2D eigenvalue weighted by atomic mass is 79.9. The molecule has 0 bridgehead atoms. The summed E-state index contributed by atoms with van der Waals surface area (Å²) < 4.78 is 0.957. The van der Waals surface area contributed by atoms with Crippen molar-refractivity contribution in [2.45, 2.75) is 12.8 Å². The van der Waals surface area contributed by atoms with Crippen LogP contribution in [-0.2, 0) is 6.42 Å². The Kier molecular flexibility index (Phi) is 3.98. The van der Waals surface area contributed by atoms with Gasteiger partial charge in [0.05, 0.1) is 0 Å². The van der Waals surface area contributed by atoms with Crippen LogP contribution in [0.4, 0.5) is 0 Å². The number of hydrogen-bond acceptors (Lipinski definition) is 2. The number of rotatable bonds is 3. The van der Waals surface area contributed by atoms with E-state index in [0.29, 0.717) is 11.7 Å². The van der Waals surface area contributed by atoms with Crippen LogP contribution in [0.3, 0.4) is 0 Å². The maximum atomic E-state index is 5.86. The molecule has 2 nitrogen and oxygen atoms in total. The van der Waals surface area contributed by atoms with Crippen molar-refractivity contribution in [3.63, 3.8) is 0 Å². The zero-order chi connectivity index (χ0) is 8.97. The highest BCUT2D eigenvalue weighted by molar-refractivity contribution is 9.10. The topological polar surface area (TPSA) is 38.9 Å². The number of nitrogens with zero attached hydrogens (tertiary/aromatic N) is 1. The van der Waals surface area contributed by atoms with E-state index in [1.54, 1.807) is 6.20 Å². The Bertz CT molecular complexity index is 265. The second-order valence-corrected chi connectivity index (χ2v) is 3.77. The standard InChI is InChI=1S/C8H10BrClN2/c9-7-4-6(2-1-3-11)8(10)12-5-7/h4-5H,1-3,11H2. The minimum atomic E-state index is 0.576. The summed E-state index contributed by atoms with van der Waals surface area (Å²) in [4.78, 5) is 4.01. The quantitative estimate of drug-likeness (QED) is 0.836. The number of halogens is 2. The minimum Gasteiger partial charge on any atom is -0.330 e. The van der Waals surface area contributed by atoms with E-state index in [0.717, 1.165) is 22.9 Å². The monoisotopic (exact) mass is 248 g/mol. The molecule has 0 fully saturated rings. The van der Waals surface area contributed by atoms with Crippen molar-refractivity contribution >= 4 is 27.5 Å². The molecule has 4 heteroatoms. The molecule has 1 heterocycles. The summed E-state index contributed by atoms with van der Waals surface area (Å²) in [5.74, 6) is 0. The number of aromatic nitrogens is 1. The van der Waals surface area contributed by atoms with Crippen LogP contribution in [0.15, 0.2) is 16.7 Å². The van der Waals surface area contributed by atoms with Gasteiger partial charge in [-0.25, -0.2) is 4.98 Å². The van der Waals surface area contributed by atoms with Gasteiger partial charge < -0.3 is 5.73 Å². The van der Waals surface area contributed by atoms with E-state index in [4.69, 9.17) is 17.3 Å². The van der Waals surface area contributed by atoms with Gasteiger partial charge in [0.25, 0.3) is 0 Å². The van der Waals surface area contributed by atoms with Gasteiger partial charge in [0.2, 0.25) is 0 Å². The SMILES string of the molecule is NCCCc1cc(Br)cnc1Cl. The number of pyridine rings is 1. The largest absolute Gasteiger partial charge is 0.330 e. The van der Waals surface area contributed by atoms with Gasteiger partial charge in [-0.1, -0.05) is 11.6 Å². The van der Waals surface area contributed by atoms with Crippen LogP contribution < -0.4 is 5.73 Å². The summed E-state index contributed by atoms with van der Waals surface area (Å²) in [6.45, 7) is 0.683. The van der Waals surface area contributed by atoms with Gasteiger partial charge in [0.1, 0.15) is 5.15 Å². The molecule has 2 N–H and O–H groups in total. The third-order valence-corrected chi connectivity index (χ3v) is 2.30. The fourth-order valence-corrected chi connectivity index (χ4v) is 1.51. The molecule has 0 aliphatic rings. The van der Waals surface area contributed by atoms with Crippen LogP contribution in [0.25, 0.3) is 0 Å². The molecule has 0 saturated carbocycles. The van der Waals surface area contributed by atoms with Crippen molar-refractivity contribution in [1.82, 2.24) is 4.98 Å². The van der Waals surface area contributed by atoms with Crippen LogP contribution in [0.2, 0.25) is 5.15 Å². The smallest absolute Gasteiger partial charge is 0.132 e. The molecule has 0 unspecified atom stereocenters. The summed E-state index contributed by atoms with van der Waals surface area (Å²) in [5, 5.41) is 0.576. The zero-order valence-electron chi connectivity index (χ0n) is 6.56. The second-order valence-electron chi connectivity index (χ2n) is 2.50. The summed E-state index contributed by atoms with van der Waals surface area (Å²) in [6.07, 6.45) is 3.52. The Morgan fingerprint density at radius 1 is 1.58 bits per heavy atom. The van der Waals surface area contributed by atoms with E-state index >= 15 is 0 Å². The molecule has 12 heavy (non-hydrogen) atoms. The highest BCUT2D eigenvalue weighted by Gasteiger charge is 2.01. The first kappa shape index (κ1) is 9.96. The number of nitrogens with two attached hydrogens (primary N) is 1. The van der Waals surface area contributed by atoms with E-state index < -0.39 is 0 Å². The molecule has 0 radical (unpaired) electrons. The third-order valence-electron chi connectivity index (χ3n) is 1.53. The Balaban J connectivity index is 2.75. The van der Waals surface area contributed by atoms with Crippen LogP contribution in [0.5, 0.6) is 0 Å². The lowest BCUT2D eigenvalue weighted by molar-refractivity contribution is 0.828. The molecule has 0 saturated heterocycles. The van der Waals surface area contributed by atoms with Crippen molar-refractivity contribution in [2.24, 2.45) is 5.73 Å². The molecule has 1 aromatic rings. The van der Waals surface area contributed by atoms with E-state index in [9.17, 15) is 0 Å². The van der Waals surface area contributed by atoms with Gasteiger partial charge in [0, 0.05) is 10.7 Å². The molecule has 1 aromatic heterocycles.